The Hall–Kier alpha value is 0.227. The molecule has 0 aromatic rings. The average molecular weight is 333 g/mol. The van der Waals surface area contributed by atoms with E-state index in [1.807, 2.05) is 0 Å². The minimum absolute atomic E-state index is 0.284. The van der Waals surface area contributed by atoms with Gasteiger partial charge in [0.05, 0.1) is 39.6 Å². The fourth-order valence-corrected chi connectivity index (χ4v) is 3.36. The van der Waals surface area contributed by atoms with E-state index in [4.69, 9.17) is 43.5 Å². The van der Waals surface area contributed by atoms with Gasteiger partial charge in [0.15, 0.2) is 0 Å². The van der Waals surface area contributed by atoms with Crippen LogP contribution in [0, 0.1) is 0 Å². The van der Waals surface area contributed by atoms with Crippen molar-refractivity contribution < 1.29 is 31.9 Å². The summed E-state index contributed by atoms with van der Waals surface area (Å²) in [4.78, 5) is 0. The highest BCUT2D eigenvalue weighted by Crippen LogP contribution is 2.16. The molecule has 0 amide bonds. The zero-order valence-corrected chi connectivity index (χ0v) is 14.3. The zero-order chi connectivity index (χ0) is 15.3. The highest BCUT2D eigenvalue weighted by Gasteiger charge is 2.47. The van der Waals surface area contributed by atoms with Crippen molar-refractivity contribution in [3.05, 3.63) is 0 Å². The van der Waals surface area contributed by atoms with Gasteiger partial charge in [-0.3, -0.25) is 0 Å². The average Bonchev–Trinajstić information content (AvgIpc) is 2.39. The van der Waals surface area contributed by atoms with Gasteiger partial charge in [-0.15, -0.1) is 0 Å². The summed E-state index contributed by atoms with van der Waals surface area (Å²) in [5.41, 5.74) is -0.602. The van der Waals surface area contributed by atoms with E-state index < -0.39 is 14.6 Å². The molecule has 0 rings (SSSR count). The first-order chi connectivity index (χ1) is 9.60. The molecular weight excluding hydrogens is 308 g/mol. The van der Waals surface area contributed by atoms with Gasteiger partial charge in [0.2, 0.25) is 0 Å². The van der Waals surface area contributed by atoms with E-state index in [1.54, 1.807) is 28.3 Å². The van der Waals surface area contributed by atoms with Crippen LogP contribution in [0.25, 0.3) is 0 Å². The van der Waals surface area contributed by atoms with Crippen molar-refractivity contribution in [3.8, 4) is 0 Å². The number of rotatable bonds is 14. The molecule has 0 aromatic carbocycles. The van der Waals surface area contributed by atoms with Gasteiger partial charge >= 0.3 is 9.05 Å². The zero-order valence-electron chi connectivity index (χ0n) is 12.6. The molecule has 0 radical (unpaired) electrons. The summed E-state index contributed by atoms with van der Waals surface area (Å²) in [6, 6.07) is 0. The van der Waals surface area contributed by atoms with Crippen molar-refractivity contribution in [2.45, 2.75) is 12.5 Å². The number of halogens is 1. The topological polar surface area (TPSA) is 64.6 Å². The molecule has 20 heavy (non-hydrogen) atoms. The molecule has 9 heteroatoms. The molecule has 0 saturated heterocycles. The van der Waals surface area contributed by atoms with Gasteiger partial charge in [0, 0.05) is 21.3 Å². The standard InChI is InChI=1S/C11H25ClO7Si/c1-11(12)19-20(16-8-5-13-2,17-9-6-14-3)18-10-7-15-4/h11H,5-10H2,1-4H3. The molecule has 1 unspecified atom stereocenters. The molecular formula is C11H25ClO7Si. The maximum absolute atomic E-state index is 5.88. The summed E-state index contributed by atoms with van der Waals surface area (Å²) < 4.78 is 37.3. The lowest BCUT2D eigenvalue weighted by atomic mass is 10.8. The van der Waals surface area contributed by atoms with Crippen LogP contribution in [0.3, 0.4) is 0 Å². The molecule has 0 heterocycles. The van der Waals surface area contributed by atoms with Gasteiger partial charge in [-0.05, 0) is 6.92 Å². The van der Waals surface area contributed by atoms with Crippen molar-refractivity contribution in [2.75, 3.05) is 61.0 Å². The van der Waals surface area contributed by atoms with Gasteiger partial charge in [-0.1, -0.05) is 11.6 Å². The quantitative estimate of drug-likeness (QED) is 0.267. The first kappa shape index (κ1) is 20.2. The largest absolute Gasteiger partial charge is 0.681 e. The first-order valence-electron chi connectivity index (χ1n) is 6.30. The van der Waals surface area contributed by atoms with E-state index in [1.165, 1.54) is 0 Å². The molecule has 0 N–H and O–H groups in total. The smallest absolute Gasteiger partial charge is 0.382 e. The van der Waals surface area contributed by atoms with Crippen molar-refractivity contribution >= 4 is 20.6 Å². The second-order valence-electron chi connectivity index (χ2n) is 3.68. The van der Waals surface area contributed by atoms with Gasteiger partial charge in [0.1, 0.15) is 5.56 Å². The van der Waals surface area contributed by atoms with Crippen molar-refractivity contribution in [1.29, 1.82) is 0 Å². The Bertz CT molecular complexity index is 194. The number of hydrogen-bond donors (Lipinski definition) is 0. The van der Waals surface area contributed by atoms with Crippen LogP contribution in [-0.4, -0.2) is 75.6 Å². The predicted octanol–water partition coefficient (Wildman–Crippen LogP) is 1.01. The second-order valence-corrected chi connectivity index (χ2v) is 6.40. The molecule has 0 fully saturated rings. The summed E-state index contributed by atoms with van der Waals surface area (Å²) in [5, 5.41) is 0. The Kier molecular flexibility index (Phi) is 13.1. The molecule has 0 aliphatic rings. The summed E-state index contributed by atoms with van der Waals surface area (Å²) in [6.07, 6.45) is 0. The van der Waals surface area contributed by atoms with E-state index in [9.17, 15) is 0 Å². The lowest BCUT2D eigenvalue weighted by Gasteiger charge is -2.29. The Morgan fingerprint density at radius 1 is 0.750 bits per heavy atom. The molecule has 7 nitrogen and oxygen atoms in total. The highest BCUT2D eigenvalue weighted by atomic mass is 35.5. The van der Waals surface area contributed by atoms with E-state index >= 15 is 0 Å². The summed E-state index contributed by atoms with van der Waals surface area (Å²) in [7, 11) is 1.39. The number of hydrogen-bond acceptors (Lipinski definition) is 7. The Balaban J connectivity index is 4.57. The van der Waals surface area contributed by atoms with Crippen LogP contribution in [0.15, 0.2) is 0 Å². The summed E-state index contributed by atoms with van der Waals surface area (Å²) >= 11 is 5.88. The van der Waals surface area contributed by atoms with Crippen LogP contribution in [-0.2, 0) is 31.9 Å². The SMILES string of the molecule is COCCO[Si](OCCOC)(OCCOC)OC(C)Cl. The van der Waals surface area contributed by atoms with Crippen LogP contribution in [0.1, 0.15) is 6.92 Å². The minimum atomic E-state index is -3.34. The van der Waals surface area contributed by atoms with E-state index in [0.717, 1.165) is 0 Å². The van der Waals surface area contributed by atoms with Crippen molar-refractivity contribution in [3.63, 3.8) is 0 Å². The maximum Gasteiger partial charge on any atom is 0.681 e. The third-order valence-electron chi connectivity index (χ3n) is 2.01. The minimum Gasteiger partial charge on any atom is -0.382 e. The van der Waals surface area contributed by atoms with E-state index in [2.05, 4.69) is 0 Å². The first-order valence-corrected chi connectivity index (χ1v) is 8.37. The van der Waals surface area contributed by atoms with Crippen molar-refractivity contribution in [2.24, 2.45) is 0 Å². The second kappa shape index (κ2) is 12.9. The lowest BCUT2D eigenvalue weighted by molar-refractivity contribution is -0.0594. The number of methoxy groups -OCH3 is 3. The normalized spacial score (nSPS) is 13.7. The molecule has 0 bridgehead atoms. The molecule has 0 saturated carbocycles. The van der Waals surface area contributed by atoms with Gasteiger partial charge in [0.25, 0.3) is 0 Å². The Morgan fingerprint density at radius 2 is 1.10 bits per heavy atom. The lowest BCUT2D eigenvalue weighted by Crippen LogP contribution is -2.52. The Labute approximate surface area is 126 Å². The molecule has 0 aliphatic heterocycles. The van der Waals surface area contributed by atoms with Crippen LogP contribution >= 0.6 is 11.6 Å². The van der Waals surface area contributed by atoms with Crippen LogP contribution in [0.4, 0.5) is 0 Å². The van der Waals surface area contributed by atoms with Crippen LogP contribution < -0.4 is 0 Å². The Morgan fingerprint density at radius 3 is 1.35 bits per heavy atom. The maximum atomic E-state index is 5.88. The van der Waals surface area contributed by atoms with Gasteiger partial charge in [-0.2, -0.15) is 0 Å². The van der Waals surface area contributed by atoms with Crippen LogP contribution in [0.5, 0.6) is 0 Å². The number of ether oxygens (including phenoxy) is 3. The van der Waals surface area contributed by atoms with Gasteiger partial charge in [-0.25, -0.2) is 0 Å². The molecule has 1 atom stereocenters. The fourth-order valence-electron chi connectivity index (χ4n) is 1.18. The monoisotopic (exact) mass is 332 g/mol. The summed E-state index contributed by atoms with van der Waals surface area (Å²) in [5.74, 6) is 0. The molecule has 0 aromatic heterocycles. The van der Waals surface area contributed by atoms with E-state index in [-0.39, 0.29) is 19.8 Å². The third kappa shape index (κ3) is 10.0. The van der Waals surface area contributed by atoms with Gasteiger partial charge < -0.3 is 31.9 Å². The van der Waals surface area contributed by atoms with Crippen LogP contribution in [0.2, 0.25) is 0 Å². The third-order valence-corrected chi connectivity index (χ3v) is 4.56. The number of alkyl halides is 1. The molecule has 0 spiro atoms. The molecule has 122 valence electrons. The summed E-state index contributed by atoms with van der Waals surface area (Å²) in [6.45, 7) is 3.72. The molecule has 0 aliphatic carbocycles. The highest BCUT2D eigenvalue weighted by molar-refractivity contribution is 6.54. The van der Waals surface area contributed by atoms with E-state index in [0.29, 0.717) is 19.8 Å². The van der Waals surface area contributed by atoms with Crippen molar-refractivity contribution in [1.82, 2.24) is 0 Å². The predicted molar refractivity (Wildman–Crippen MR) is 75.6 cm³/mol. The fraction of sp³-hybridized carbons (Fsp3) is 1.00.